The van der Waals surface area contributed by atoms with Gasteiger partial charge in [-0.05, 0) is 24.7 Å². The van der Waals surface area contributed by atoms with Gasteiger partial charge in [-0.1, -0.05) is 26.2 Å². The van der Waals surface area contributed by atoms with Gasteiger partial charge in [-0.25, -0.2) is 0 Å². The summed E-state index contributed by atoms with van der Waals surface area (Å²) in [7, 11) is 0. The lowest BCUT2D eigenvalue weighted by molar-refractivity contribution is -0.138. The molecule has 1 rings (SSSR count). The minimum atomic E-state index is -0.630. The minimum absolute atomic E-state index is 0. The summed E-state index contributed by atoms with van der Waals surface area (Å²) in [6, 6.07) is 0. The van der Waals surface area contributed by atoms with E-state index in [4.69, 9.17) is 5.11 Å². The zero-order valence-electron chi connectivity index (χ0n) is 7.75. The molecule has 0 aliphatic heterocycles. The lowest BCUT2D eigenvalue weighted by atomic mass is 9.79. The second-order valence-electron chi connectivity index (χ2n) is 3.89. The van der Waals surface area contributed by atoms with E-state index in [2.05, 4.69) is 6.92 Å². The Kier molecular flexibility index (Phi) is 6.78. The highest BCUT2D eigenvalue weighted by Crippen LogP contribution is 2.32. The van der Waals surface area contributed by atoms with Gasteiger partial charge in [-0.15, -0.1) is 0 Å². The van der Waals surface area contributed by atoms with Gasteiger partial charge in [0.05, 0.1) is 0 Å². The van der Waals surface area contributed by atoms with Crippen molar-refractivity contribution in [2.45, 2.75) is 45.4 Å². The first kappa shape index (κ1) is 13.2. The standard InChI is InChI=1S/C10H18O2.Mg.2H/c1-2-8-3-5-9(6-4-8)7-10(11)12;;;/h8-9H,2-7H2,1H3,(H,11,12);;;. The topological polar surface area (TPSA) is 37.3 Å². The molecule has 0 spiro atoms. The van der Waals surface area contributed by atoms with E-state index in [1.807, 2.05) is 0 Å². The summed E-state index contributed by atoms with van der Waals surface area (Å²) in [5.74, 6) is 0.704. The summed E-state index contributed by atoms with van der Waals surface area (Å²) in [5.41, 5.74) is 0. The van der Waals surface area contributed by atoms with Crippen LogP contribution in [0.2, 0.25) is 0 Å². The van der Waals surface area contributed by atoms with Crippen LogP contribution in [0, 0.1) is 11.8 Å². The molecule has 0 aromatic carbocycles. The summed E-state index contributed by atoms with van der Waals surface area (Å²) < 4.78 is 0. The van der Waals surface area contributed by atoms with Crippen LogP contribution in [0.3, 0.4) is 0 Å². The first-order valence-electron chi connectivity index (χ1n) is 4.94. The number of carbonyl (C=O) groups is 1. The van der Waals surface area contributed by atoms with E-state index in [1.54, 1.807) is 0 Å². The van der Waals surface area contributed by atoms with E-state index >= 15 is 0 Å². The fraction of sp³-hybridized carbons (Fsp3) is 0.900. The lowest BCUT2D eigenvalue weighted by Gasteiger charge is -2.26. The molecule has 1 N–H and O–H groups in total. The molecule has 3 heteroatoms. The maximum Gasteiger partial charge on any atom is 0.316 e. The Hall–Kier alpha value is 0.236. The van der Waals surface area contributed by atoms with Gasteiger partial charge >= 0.3 is 29.0 Å². The van der Waals surface area contributed by atoms with Crippen LogP contribution in [0.1, 0.15) is 45.4 Å². The molecule has 0 radical (unpaired) electrons. The van der Waals surface area contributed by atoms with Gasteiger partial charge in [0.15, 0.2) is 0 Å². The maximum absolute atomic E-state index is 10.4. The van der Waals surface area contributed by atoms with Gasteiger partial charge in [-0.3, -0.25) is 4.79 Å². The molecule has 1 saturated carbocycles. The quantitative estimate of drug-likeness (QED) is 0.699. The Balaban J connectivity index is 0.00000144. The summed E-state index contributed by atoms with van der Waals surface area (Å²) in [6.45, 7) is 2.22. The molecular formula is C10H20MgO2. The Morgan fingerprint density at radius 2 is 1.69 bits per heavy atom. The van der Waals surface area contributed by atoms with Crippen molar-refractivity contribution in [3.63, 3.8) is 0 Å². The predicted molar refractivity (Wildman–Crippen MR) is 56.5 cm³/mol. The zero-order chi connectivity index (χ0) is 8.97. The van der Waals surface area contributed by atoms with E-state index in [9.17, 15) is 4.79 Å². The third kappa shape index (κ3) is 4.86. The van der Waals surface area contributed by atoms with Gasteiger partial charge in [0.2, 0.25) is 0 Å². The van der Waals surface area contributed by atoms with Gasteiger partial charge < -0.3 is 5.11 Å². The van der Waals surface area contributed by atoms with Crippen LogP contribution in [-0.2, 0) is 4.79 Å². The SMILES string of the molecule is CCC1CCC(CC(=O)O)CC1.[MgH2]. The molecule has 0 aromatic rings. The third-order valence-corrected chi connectivity index (χ3v) is 3.01. The molecule has 2 nitrogen and oxygen atoms in total. The van der Waals surface area contributed by atoms with E-state index in [0.717, 1.165) is 18.8 Å². The number of rotatable bonds is 3. The van der Waals surface area contributed by atoms with Crippen molar-refractivity contribution >= 4 is 29.0 Å². The number of carboxylic acid groups (broad SMARTS) is 1. The highest BCUT2D eigenvalue weighted by molar-refractivity contribution is 5.75. The summed E-state index contributed by atoms with van der Waals surface area (Å²) in [6.07, 6.45) is 6.40. The van der Waals surface area contributed by atoms with Crippen LogP contribution in [0.4, 0.5) is 0 Å². The van der Waals surface area contributed by atoms with Crippen molar-refractivity contribution in [2.24, 2.45) is 11.8 Å². The zero-order valence-corrected chi connectivity index (χ0v) is 7.75. The molecule has 1 aliphatic rings. The fourth-order valence-corrected chi connectivity index (χ4v) is 2.09. The fourth-order valence-electron chi connectivity index (χ4n) is 2.09. The molecule has 0 unspecified atom stereocenters. The molecule has 0 saturated heterocycles. The summed E-state index contributed by atoms with van der Waals surface area (Å²) in [4.78, 5) is 10.4. The molecule has 0 heterocycles. The molecular weight excluding hydrogens is 176 g/mol. The average molecular weight is 197 g/mol. The van der Waals surface area contributed by atoms with Crippen molar-refractivity contribution in [1.82, 2.24) is 0 Å². The Morgan fingerprint density at radius 3 is 2.08 bits per heavy atom. The predicted octanol–water partition coefficient (Wildman–Crippen LogP) is 1.76. The van der Waals surface area contributed by atoms with Crippen LogP contribution >= 0.6 is 0 Å². The second-order valence-corrected chi connectivity index (χ2v) is 3.89. The van der Waals surface area contributed by atoms with Crippen LogP contribution in [0.15, 0.2) is 0 Å². The first-order chi connectivity index (χ1) is 5.72. The minimum Gasteiger partial charge on any atom is -0.481 e. The number of carboxylic acids is 1. The number of hydrogen-bond donors (Lipinski definition) is 1. The molecule has 0 bridgehead atoms. The highest BCUT2D eigenvalue weighted by atomic mass is 24.3. The monoisotopic (exact) mass is 196 g/mol. The number of aliphatic carboxylic acids is 1. The van der Waals surface area contributed by atoms with E-state index in [1.165, 1.54) is 19.3 Å². The lowest BCUT2D eigenvalue weighted by Crippen LogP contribution is -2.16. The molecule has 1 fully saturated rings. The first-order valence-corrected chi connectivity index (χ1v) is 4.94. The van der Waals surface area contributed by atoms with E-state index in [-0.39, 0.29) is 23.1 Å². The maximum atomic E-state index is 10.4. The van der Waals surface area contributed by atoms with E-state index in [0.29, 0.717) is 12.3 Å². The molecule has 1 aliphatic carbocycles. The molecule has 13 heavy (non-hydrogen) atoms. The Bertz CT molecular complexity index is 151. The van der Waals surface area contributed by atoms with Gasteiger partial charge in [0.1, 0.15) is 0 Å². The number of hydrogen-bond acceptors (Lipinski definition) is 1. The molecule has 0 amide bonds. The summed E-state index contributed by atoms with van der Waals surface area (Å²) in [5, 5.41) is 8.59. The smallest absolute Gasteiger partial charge is 0.316 e. The van der Waals surface area contributed by atoms with E-state index < -0.39 is 5.97 Å². The van der Waals surface area contributed by atoms with Crippen LogP contribution < -0.4 is 0 Å². The largest absolute Gasteiger partial charge is 0.481 e. The normalized spacial score (nSPS) is 27.8. The Morgan fingerprint density at radius 1 is 1.23 bits per heavy atom. The van der Waals surface area contributed by atoms with Crippen LogP contribution in [0.25, 0.3) is 0 Å². The van der Waals surface area contributed by atoms with Crippen molar-refractivity contribution in [3.05, 3.63) is 0 Å². The summed E-state index contributed by atoms with van der Waals surface area (Å²) >= 11 is 0. The average Bonchev–Trinajstić information content (AvgIpc) is 2.05. The van der Waals surface area contributed by atoms with Crippen LogP contribution in [-0.4, -0.2) is 34.1 Å². The molecule has 74 valence electrons. The van der Waals surface area contributed by atoms with Crippen molar-refractivity contribution in [2.75, 3.05) is 0 Å². The van der Waals surface area contributed by atoms with Gasteiger partial charge in [0.25, 0.3) is 0 Å². The van der Waals surface area contributed by atoms with Crippen molar-refractivity contribution in [1.29, 1.82) is 0 Å². The van der Waals surface area contributed by atoms with Crippen molar-refractivity contribution in [3.8, 4) is 0 Å². The Labute approximate surface area is 96.2 Å². The van der Waals surface area contributed by atoms with Gasteiger partial charge in [-0.2, -0.15) is 0 Å². The van der Waals surface area contributed by atoms with Gasteiger partial charge in [0, 0.05) is 6.42 Å². The van der Waals surface area contributed by atoms with Crippen molar-refractivity contribution < 1.29 is 9.90 Å². The third-order valence-electron chi connectivity index (χ3n) is 3.01. The molecule has 0 aromatic heterocycles. The molecule has 0 atom stereocenters. The second kappa shape index (κ2) is 6.65. The highest BCUT2D eigenvalue weighted by Gasteiger charge is 2.21. The van der Waals surface area contributed by atoms with Crippen LogP contribution in [0.5, 0.6) is 0 Å².